The van der Waals surface area contributed by atoms with E-state index in [-0.39, 0.29) is 11.6 Å². The highest BCUT2D eigenvalue weighted by atomic mass is 35.5. The number of nitro groups is 1. The van der Waals surface area contributed by atoms with E-state index in [1.54, 1.807) is 36.4 Å². The van der Waals surface area contributed by atoms with Crippen LogP contribution in [0.4, 0.5) is 11.4 Å². The average Bonchev–Trinajstić information content (AvgIpc) is 3.32. The topological polar surface area (TPSA) is 97.7 Å². The van der Waals surface area contributed by atoms with E-state index in [1.165, 1.54) is 23.9 Å². The smallest absolute Gasteiger partial charge is 0.270 e. The monoisotopic (exact) mass is 453 g/mol. The summed E-state index contributed by atoms with van der Waals surface area (Å²) in [6.07, 6.45) is 1.61. The molecule has 0 spiro atoms. The number of amidine groups is 1. The number of carbonyl (C=O) groups is 1. The molecule has 0 radical (unpaired) electrons. The van der Waals surface area contributed by atoms with E-state index in [1.807, 2.05) is 19.9 Å². The molecular formula is C22H16ClN3O4S. The van der Waals surface area contributed by atoms with Crippen LogP contribution in [0.1, 0.15) is 16.9 Å². The fraction of sp³-hybridized carbons (Fsp3) is 0.0909. The summed E-state index contributed by atoms with van der Waals surface area (Å²) in [6, 6.07) is 13.4. The van der Waals surface area contributed by atoms with Gasteiger partial charge in [-0.25, -0.2) is 4.99 Å². The van der Waals surface area contributed by atoms with Gasteiger partial charge in [-0.15, -0.1) is 0 Å². The lowest BCUT2D eigenvalue weighted by Crippen LogP contribution is -2.19. The number of hydrogen-bond donors (Lipinski definition) is 1. The Morgan fingerprint density at radius 2 is 2.00 bits per heavy atom. The first-order valence-corrected chi connectivity index (χ1v) is 10.4. The molecule has 0 unspecified atom stereocenters. The van der Waals surface area contributed by atoms with E-state index in [4.69, 9.17) is 16.0 Å². The number of hydrogen-bond acceptors (Lipinski definition) is 6. The number of aliphatic imine (C=N–C) groups is 1. The van der Waals surface area contributed by atoms with E-state index in [2.05, 4.69) is 10.3 Å². The zero-order valence-corrected chi connectivity index (χ0v) is 18.1. The summed E-state index contributed by atoms with van der Waals surface area (Å²) in [4.78, 5) is 27.9. The van der Waals surface area contributed by atoms with Crippen molar-refractivity contribution in [2.24, 2.45) is 4.99 Å². The van der Waals surface area contributed by atoms with Crippen molar-refractivity contribution in [3.05, 3.63) is 85.5 Å². The first-order valence-electron chi connectivity index (χ1n) is 9.22. The zero-order valence-electron chi connectivity index (χ0n) is 16.5. The second kappa shape index (κ2) is 8.41. The molecule has 2 heterocycles. The number of halogens is 1. The van der Waals surface area contributed by atoms with Crippen molar-refractivity contribution in [3.8, 4) is 11.3 Å². The predicted octanol–water partition coefficient (Wildman–Crippen LogP) is 6.02. The van der Waals surface area contributed by atoms with Crippen molar-refractivity contribution in [2.45, 2.75) is 13.8 Å². The minimum Gasteiger partial charge on any atom is -0.457 e. The number of thioether (sulfide) groups is 1. The molecule has 1 fully saturated rings. The van der Waals surface area contributed by atoms with Crippen molar-refractivity contribution in [1.82, 2.24) is 5.32 Å². The molecule has 156 valence electrons. The van der Waals surface area contributed by atoms with E-state index < -0.39 is 4.92 Å². The SMILES string of the molecule is Cc1ccc([N+](=O)[O-])cc1-c1ccc(/C=C2\SC(=Nc3cccc(Cl)c3C)NC2=O)o1. The number of nitro benzene ring substituents is 1. The molecule has 2 aromatic carbocycles. The second-order valence-corrected chi connectivity index (χ2v) is 8.26. The van der Waals surface area contributed by atoms with Gasteiger partial charge in [0.15, 0.2) is 5.17 Å². The first kappa shape index (κ1) is 20.9. The molecule has 1 aliphatic heterocycles. The van der Waals surface area contributed by atoms with Gasteiger partial charge in [0.25, 0.3) is 11.6 Å². The van der Waals surface area contributed by atoms with Crippen LogP contribution in [0.25, 0.3) is 17.4 Å². The van der Waals surface area contributed by atoms with Gasteiger partial charge in [-0.1, -0.05) is 23.7 Å². The lowest BCUT2D eigenvalue weighted by Gasteiger charge is -2.02. The molecule has 0 saturated carbocycles. The van der Waals surface area contributed by atoms with Gasteiger partial charge in [0.2, 0.25) is 0 Å². The third-order valence-corrected chi connectivity index (χ3v) is 6.03. The normalized spacial score (nSPS) is 16.2. The highest BCUT2D eigenvalue weighted by Gasteiger charge is 2.25. The highest BCUT2D eigenvalue weighted by molar-refractivity contribution is 8.18. The summed E-state index contributed by atoms with van der Waals surface area (Å²) in [7, 11) is 0. The maximum atomic E-state index is 12.4. The Hall–Kier alpha value is -3.36. The Labute approximate surface area is 187 Å². The van der Waals surface area contributed by atoms with Crippen molar-refractivity contribution in [2.75, 3.05) is 0 Å². The molecule has 3 aromatic rings. The quantitative estimate of drug-likeness (QED) is 0.296. The Morgan fingerprint density at radius 3 is 2.77 bits per heavy atom. The summed E-state index contributed by atoms with van der Waals surface area (Å²) in [5.41, 5.74) is 2.96. The Bertz CT molecular complexity index is 1280. The molecule has 1 aromatic heterocycles. The third-order valence-electron chi connectivity index (χ3n) is 4.71. The zero-order chi connectivity index (χ0) is 22.1. The molecule has 0 bridgehead atoms. The van der Waals surface area contributed by atoms with Crippen LogP contribution in [-0.4, -0.2) is 16.0 Å². The fourth-order valence-corrected chi connectivity index (χ4v) is 3.98. The molecule has 4 rings (SSSR count). The number of amides is 1. The summed E-state index contributed by atoms with van der Waals surface area (Å²) < 4.78 is 5.83. The van der Waals surface area contributed by atoms with Crippen LogP contribution in [0.2, 0.25) is 5.02 Å². The van der Waals surface area contributed by atoms with Gasteiger partial charge in [0.1, 0.15) is 11.5 Å². The van der Waals surface area contributed by atoms with Crippen LogP contribution in [0.15, 0.2) is 62.8 Å². The molecule has 1 aliphatic rings. The number of nitrogens with zero attached hydrogens (tertiary/aromatic N) is 2. The van der Waals surface area contributed by atoms with Gasteiger partial charge in [-0.3, -0.25) is 14.9 Å². The summed E-state index contributed by atoms with van der Waals surface area (Å²) in [5.74, 6) is 0.659. The van der Waals surface area contributed by atoms with Crippen LogP contribution in [0, 0.1) is 24.0 Å². The average molecular weight is 454 g/mol. The summed E-state index contributed by atoms with van der Waals surface area (Å²) >= 11 is 7.33. The Balaban J connectivity index is 1.59. The van der Waals surface area contributed by atoms with Crippen LogP contribution in [0.3, 0.4) is 0 Å². The lowest BCUT2D eigenvalue weighted by atomic mass is 10.1. The summed E-state index contributed by atoms with van der Waals surface area (Å²) in [6.45, 7) is 3.71. The van der Waals surface area contributed by atoms with Gasteiger partial charge < -0.3 is 9.73 Å². The fourth-order valence-electron chi connectivity index (χ4n) is 3.00. The van der Waals surface area contributed by atoms with E-state index >= 15 is 0 Å². The Morgan fingerprint density at radius 1 is 1.19 bits per heavy atom. The number of aryl methyl sites for hydroxylation is 1. The molecular weight excluding hydrogens is 438 g/mol. The number of furan rings is 1. The van der Waals surface area contributed by atoms with Gasteiger partial charge in [0, 0.05) is 28.8 Å². The molecule has 7 nitrogen and oxygen atoms in total. The molecule has 0 atom stereocenters. The number of benzene rings is 2. The van der Waals surface area contributed by atoms with Crippen molar-refractivity contribution >= 4 is 51.9 Å². The van der Waals surface area contributed by atoms with Gasteiger partial charge >= 0.3 is 0 Å². The highest BCUT2D eigenvalue weighted by Crippen LogP contribution is 2.33. The van der Waals surface area contributed by atoms with E-state index in [0.717, 1.165) is 11.1 Å². The van der Waals surface area contributed by atoms with E-state index in [9.17, 15) is 14.9 Å². The minimum atomic E-state index is -0.448. The maximum absolute atomic E-state index is 12.4. The molecule has 1 saturated heterocycles. The number of non-ortho nitro benzene ring substituents is 1. The van der Waals surface area contributed by atoms with Crippen LogP contribution >= 0.6 is 23.4 Å². The molecule has 31 heavy (non-hydrogen) atoms. The van der Waals surface area contributed by atoms with Crippen molar-refractivity contribution in [3.63, 3.8) is 0 Å². The maximum Gasteiger partial charge on any atom is 0.270 e. The Kier molecular flexibility index (Phi) is 5.67. The third kappa shape index (κ3) is 4.40. The van der Waals surface area contributed by atoms with Crippen molar-refractivity contribution < 1.29 is 14.1 Å². The first-order chi connectivity index (χ1) is 14.8. The number of carbonyl (C=O) groups excluding carboxylic acids is 1. The van der Waals surface area contributed by atoms with Gasteiger partial charge in [-0.2, -0.15) is 0 Å². The van der Waals surface area contributed by atoms with Gasteiger partial charge in [-0.05, 0) is 61.0 Å². The second-order valence-electron chi connectivity index (χ2n) is 6.82. The van der Waals surface area contributed by atoms with Gasteiger partial charge in [0.05, 0.1) is 15.5 Å². The molecule has 0 aliphatic carbocycles. The predicted molar refractivity (Wildman–Crippen MR) is 123 cm³/mol. The largest absolute Gasteiger partial charge is 0.457 e. The minimum absolute atomic E-state index is 0.0141. The number of nitrogens with one attached hydrogen (secondary N) is 1. The molecule has 9 heteroatoms. The lowest BCUT2D eigenvalue weighted by molar-refractivity contribution is -0.384. The van der Waals surface area contributed by atoms with Crippen LogP contribution < -0.4 is 5.32 Å². The van der Waals surface area contributed by atoms with E-state index in [0.29, 0.717) is 37.9 Å². The number of rotatable bonds is 4. The van der Waals surface area contributed by atoms with Crippen molar-refractivity contribution in [1.29, 1.82) is 0 Å². The van der Waals surface area contributed by atoms with Crippen LogP contribution in [-0.2, 0) is 4.79 Å². The summed E-state index contributed by atoms with van der Waals surface area (Å²) in [5, 5.41) is 14.9. The standard InChI is InChI=1S/C22H16ClN3O4S/c1-12-6-7-14(26(28)29)10-16(12)19-9-8-15(30-19)11-20-21(27)25-22(31-20)24-18-5-3-4-17(23)13(18)2/h3-11H,1-2H3,(H,24,25,27)/b20-11-. The molecule has 1 N–H and O–H groups in total. The molecule has 1 amide bonds. The van der Waals surface area contributed by atoms with Crippen LogP contribution in [0.5, 0.6) is 0 Å².